The van der Waals surface area contributed by atoms with Gasteiger partial charge in [-0.3, -0.25) is 0 Å². The molecule has 0 amide bonds. The highest BCUT2D eigenvalue weighted by atomic mass is 35.6. The topological polar surface area (TPSA) is 77.3 Å². The second kappa shape index (κ2) is 10.8. The molecular weight excluding hydrogens is 654 g/mol. The van der Waals surface area contributed by atoms with Crippen LogP contribution in [0.3, 0.4) is 0 Å². The van der Waals surface area contributed by atoms with Crippen LogP contribution < -0.4 is 0 Å². The number of rotatable bonds is 0. The summed E-state index contributed by atoms with van der Waals surface area (Å²) in [5, 5.41) is 0. The third kappa shape index (κ3) is 9.78. The van der Waals surface area contributed by atoms with Crippen LogP contribution >= 0.6 is 139 Å². The van der Waals surface area contributed by atoms with Crippen molar-refractivity contribution in [2.75, 3.05) is 0 Å². The Morgan fingerprint density at radius 2 is 0.533 bits per heavy atom. The second-order valence-electron chi connectivity index (χ2n) is 5.05. The second-order valence-corrected chi connectivity index (χ2v) is 14.2. The molecule has 0 bridgehead atoms. The number of hydrogen-bond donors (Lipinski definition) is 0. The van der Waals surface area contributed by atoms with E-state index in [-0.39, 0.29) is 23.3 Å². The van der Waals surface area contributed by atoms with E-state index in [2.05, 4.69) is 29.9 Å². The van der Waals surface area contributed by atoms with Crippen molar-refractivity contribution in [3.63, 3.8) is 0 Å². The molecule has 2 rings (SSSR count). The van der Waals surface area contributed by atoms with E-state index < -0.39 is 15.2 Å². The van der Waals surface area contributed by atoms with Crippen LogP contribution in [0.1, 0.15) is 34.9 Å². The van der Waals surface area contributed by atoms with E-state index in [1.807, 2.05) is 0 Å². The molecule has 0 atom stereocenters. The van der Waals surface area contributed by atoms with E-state index in [0.717, 1.165) is 0 Å². The van der Waals surface area contributed by atoms with Gasteiger partial charge >= 0.3 is 0 Å². The minimum atomic E-state index is -1.78. The largest absolute Gasteiger partial charge is 0.250 e. The molecule has 2 aromatic heterocycles. The van der Waals surface area contributed by atoms with Crippen molar-refractivity contribution in [2.24, 2.45) is 0 Å². The van der Waals surface area contributed by atoms with Gasteiger partial charge in [0.05, 0.1) is 0 Å². The Labute approximate surface area is 231 Å². The first-order chi connectivity index (χ1) is 13.2. The Balaban J connectivity index is 0.000000300. The van der Waals surface area contributed by atoms with Crippen molar-refractivity contribution < 1.29 is 0 Å². The van der Waals surface area contributed by atoms with Crippen molar-refractivity contribution in [1.29, 1.82) is 0 Å². The molecule has 0 saturated carbocycles. The van der Waals surface area contributed by atoms with Crippen molar-refractivity contribution in [2.45, 2.75) is 29.0 Å². The predicted octanol–water partition coefficient (Wildman–Crippen LogP) is 7.67. The van der Waals surface area contributed by atoms with Crippen LogP contribution in [-0.4, -0.2) is 29.9 Å². The summed E-state index contributed by atoms with van der Waals surface area (Å²) >= 11 is 67.2. The van der Waals surface area contributed by atoms with Gasteiger partial charge in [-0.2, -0.15) is 0 Å². The minimum Gasteiger partial charge on any atom is -0.214 e. The Kier molecular flexibility index (Phi) is 10.7. The van der Waals surface area contributed by atoms with Gasteiger partial charge in [-0.05, 0) is 13.8 Å². The zero-order valence-electron chi connectivity index (χ0n) is 14.2. The van der Waals surface area contributed by atoms with Gasteiger partial charge in [-0.1, -0.05) is 139 Å². The molecule has 0 unspecified atom stereocenters. The van der Waals surface area contributed by atoms with Gasteiger partial charge in [0.1, 0.15) is 11.6 Å². The van der Waals surface area contributed by atoms with Crippen molar-refractivity contribution in [3.05, 3.63) is 34.9 Å². The molecule has 168 valence electrons. The van der Waals surface area contributed by atoms with E-state index in [9.17, 15) is 0 Å². The first kappa shape index (κ1) is 29.5. The fraction of sp³-hybridized carbons (Fsp3) is 0.500. The van der Waals surface area contributed by atoms with Crippen molar-refractivity contribution in [3.8, 4) is 0 Å². The number of hydrogen-bond acceptors (Lipinski definition) is 6. The third-order valence-electron chi connectivity index (χ3n) is 2.51. The maximum Gasteiger partial charge on any atom is 0.250 e. The monoisotopic (exact) mass is 654 g/mol. The summed E-state index contributed by atoms with van der Waals surface area (Å²) in [5.41, 5.74) is 0. The number of aromatic nitrogens is 6. The highest BCUT2D eigenvalue weighted by molar-refractivity contribution is 6.68. The van der Waals surface area contributed by atoms with E-state index >= 15 is 0 Å². The summed E-state index contributed by atoms with van der Waals surface area (Å²) in [6.45, 7) is 3.14. The lowest BCUT2D eigenvalue weighted by atomic mass is 10.5. The number of aryl methyl sites for hydroxylation is 2. The first-order valence-corrected chi connectivity index (χ1v) is 11.5. The average Bonchev–Trinajstić information content (AvgIpc) is 2.51. The lowest BCUT2D eigenvalue weighted by molar-refractivity contribution is 0.812. The highest BCUT2D eigenvalue weighted by Crippen LogP contribution is 2.40. The molecule has 2 heterocycles. The third-order valence-corrected chi connectivity index (χ3v) is 4.54. The molecule has 0 radical (unpaired) electrons. The molecule has 6 nitrogen and oxygen atoms in total. The molecule has 0 aliphatic carbocycles. The summed E-state index contributed by atoms with van der Waals surface area (Å²) in [7, 11) is 0. The molecule has 0 aliphatic heterocycles. The standard InChI is InChI=1S/2C6H3Cl6N3/c2*1-2-13-3(5(7,8)9)15-4(14-2)6(10,11)12/h2*1H3. The van der Waals surface area contributed by atoms with Gasteiger partial charge < -0.3 is 0 Å². The van der Waals surface area contributed by atoms with Gasteiger partial charge in [0.2, 0.25) is 15.2 Å². The molecule has 18 heteroatoms. The minimum absolute atomic E-state index is 0.0821. The fourth-order valence-corrected chi connectivity index (χ4v) is 2.48. The molecule has 0 aliphatic rings. The highest BCUT2D eigenvalue weighted by Gasteiger charge is 2.34. The van der Waals surface area contributed by atoms with Crippen LogP contribution in [0.4, 0.5) is 0 Å². The van der Waals surface area contributed by atoms with Crippen molar-refractivity contribution >= 4 is 139 Å². The van der Waals surface area contributed by atoms with Gasteiger partial charge in [0.15, 0.2) is 23.3 Å². The SMILES string of the molecule is Cc1nc(C(Cl)(Cl)Cl)nc(C(Cl)(Cl)Cl)n1.Cc1nc(C(Cl)(Cl)Cl)nc(C(Cl)(Cl)Cl)n1. The summed E-state index contributed by atoms with van der Waals surface area (Å²) in [6.07, 6.45) is 0. The lowest BCUT2D eigenvalue weighted by Crippen LogP contribution is -2.16. The average molecular weight is 660 g/mol. The molecule has 30 heavy (non-hydrogen) atoms. The predicted molar refractivity (Wildman–Crippen MR) is 126 cm³/mol. The molecular formula is C12H6Cl12N6. The van der Waals surface area contributed by atoms with Crippen LogP contribution in [-0.2, 0) is 15.2 Å². The Hall–Kier alpha value is 1.50. The zero-order valence-corrected chi connectivity index (χ0v) is 23.3. The summed E-state index contributed by atoms with van der Waals surface area (Å²) in [6, 6.07) is 0. The molecule has 2 aromatic rings. The maximum absolute atomic E-state index is 5.60. The molecule has 0 fully saturated rings. The number of halogens is 12. The van der Waals surface area contributed by atoms with Crippen LogP contribution in [0.25, 0.3) is 0 Å². The molecule has 0 saturated heterocycles. The van der Waals surface area contributed by atoms with Gasteiger partial charge in [0, 0.05) is 0 Å². The van der Waals surface area contributed by atoms with E-state index in [4.69, 9.17) is 139 Å². The Morgan fingerprint density at radius 3 is 0.667 bits per heavy atom. The lowest BCUT2D eigenvalue weighted by Gasteiger charge is -2.14. The molecule has 0 N–H and O–H groups in total. The van der Waals surface area contributed by atoms with Crippen LogP contribution in [0.15, 0.2) is 0 Å². The number of nitrogens with zero attached hydrogens (tertiary/aromatic N) is 6. The Bertz CT molecular complexity index is 745. The summed E-state index contributed by atoms with van der Waals surface area (Å²) < 4.78 is -7.12. The van der Waals surface area contributed by atoms with Gasteiger partial charge in [0.25, 0.3) is 0 Å². The molecule has 0 spiro atoms. The van der Waals surface area contributed by atoms with Crippen molar-refractivity contribution in [1.82, 2.24) is 29.9 Å². The smallest absolute Gasteiger partial charge is 0.214 e. The Morgan fingerprint density at radius 1 is 0.367 bits per heavy atom. The quantitative estimate of drug-likeness (QED) is 0.270. The summed E-state index contributed by atoms with van der Waals surface area (Å²) in [4.78, 5) is 22.8. The van der Waals surface area contributed by atoms with Crippen LogP contribution in [0.2, 0.25) is 0 Å². The number of alkyl halides is 12. The van der Waals surface area contributed by atoms with Crippen LogP contribution in [0, 0.1) is 13.8 Å². The normalized spacial score (nSPS) is 13.0. The van der Waals surface area contributed by atoms with E-state index in [1.54, 1.807) is 13.8 Å². The zero-order chi connectivity index (χ0) is 23.7. The fourth-order valence-electron chi connectivity index (χ4n) is 1.47. The van der Waals surface area contributed by atoms with Gasteiger partial charge in [-0.25, -0.2) is 29.9 Å². The maximum atomic E-state index is 5.60. The first-order valence-electron chi connectivity index (χ1n) is 6.95. The summed E-state index contributed by atoms with van der Waals surface area (Å²) in [5.74, 6) is 0.269. The molecule has 0 aromatic carbocycles. The van der Waals surface area contributed by atoms with E-state index in [1.165, 1.54) is 0 Å². The van der Waals surface area contributed by atoms with Crippen LogP contribution in [0.5, 0.6) is 0 Å². The van der Waals surface area contributed by atoms with E-state index in [0.29, 0.717) is 11.6 Å². The van der Waals surface area contributed by atoms with Gasteiger partial charge in [-0.15, -0.1) is 0 Å².